The highest BCUT2D eigenvalue weighted by molar-refractivity contribution is 5.71. The molecule has 0 aliphatic rings. The summed E-state index contributed by atoms with van der Waals surface area (Å²) in [7, 11) is 0. The average Bonchev–Trinajstić information content (AvgIpc) is 3.22. The summed E-state index contributed by atoms with van der Waals surface area (Å²) in [4.78, 5) is 38.0. The summed E-state index contributed by atoms with van der Waals surface area (Å²) < 4.78 is 16.8. The normalized spacial score (nSPS) is 12.6. The van der Waals surface area contributed by atoms with E-state index in [0.29, 0.717) is 19.3 Å². The van der Waals surface area contributed by atoms with Crippen molar-refractivity contribution in [1.29, 1.82) is 0 Å². The Morgan fingerprint density at radius 1 is 0.333 bits per heavy atom. The zero-order valence-corrected chi connectivity index (χ0v) is 41.3. The first-order valence-corrected chi connectivity index (χ1v) is 26.6. The fraction of sp³-hybridized carbons (Fsp3) is 0.944. The molecule has 0 heterocycles. The van der Waals surface area contributed by atoms with Crippen molar-refractivity contribution in [1.82, 2.24) is 0 Å². The first-order valence-electron chi connectivity index (χ1n) is 26.6. The Hall–Kier alpha value is -1.59. The van der Waals surface area contributed by atoms with Gasteiger partial charge in [0.25, 0.3) is 0 Å². The fourth-order valence-corrected chi connectivity index (χ4v) is 8.08. The van der Waals surface area contributed by atoms with Crippen LogP contribution in [-0.4, -0.2) is 37.2 Å². The molecule has 6 nitrogen and oxygen atoms in total. The molecular formula is C54H104O6. The summed E-state index contributed by atoms with van der Waals surface area (Å²) in [6.45, 7) is 13.7. The number of carbonyl (C=O) groups excluding carboxylic acids is 3. The van der Waals surface area contributed by atoms with Crippen molar-refractivity contribution in [2.75, 3.05) is 13.2 Å². The molecule has 0 saturated carbocycles. The maximum atomic E-state index is 12.8. The van der Waals surface area contributed by atoms with Gasteiger partial charge in [-0.05, 0) is 37.0 Å². The first-order chi connectivity index (χ1) is 29.1. The Balaban J connectivity index is 4.27. The highest BCUT2D eigenvalue weighted by Crippen LogP contribution is 2.18. The van der Waals surface area contributed by atoms with E-state index >= 15 is 0 Å². The van der Waals surface area contributed by atoms with Crippen LogP contribution >= 0.6 is 0 Å². The van der Waals surface area contributed by atoms with E-state index in [0.717, 1.165) is 75.5 Å². The van der Waals surface area contributed by atoms with Crippen molar-refractivity contribution in [3.63, 3.8) is 0 Å². The van der Waals surface area contributed by atoms with Gasteiger partial charge in [0.2, 0.25) is 0 Å². The molecule has 60 heavy (non-hydrogen) atoms. The molecule has 6 heteroatoms. The van der Waals surface area contributed by atoms with Crippen molar-refractivity contribution in [3.8, 4) is 0 Å². The van der Waals surface area contributed by atoms with E-state index in [4.69, 9.17) is 14.2 Å². The lowest BCUT2D eigenvalue weighted by molar-refractivity contribution is -0.167. The Morgan fingerprint density at radius 2 is 0.583 bits per heavy atom. The lowest BCUT2D eigenvalue weighted by Crippen LogP contribution is -2.30. The molecule has 0 saturated heterocycles. The number of unbranched alkanes of at least 4 members (excludes halogenated alkanes) is 29. The molecule has 0 N–H and O–H groups in total. The molecule has 1 unspecified atom stereocenters. The SMILES string of the molecule is CCC(C)CCCCCCCCC(=O)OC[C@@H](COC(=O)CCCCCCCCCCCCCCCCCC(C)C)OC(=O)CCCCCCCCCCCCCC(C)C. The van der Waals surface area contributed by atoms with E-state index in [2.05, 4.69) is 41.5 Å². The van der Waals surface area contributed by atoms with Crippen LogP contribution in [0.1, 0.15) is 292 Å². The lowest BCUT2D eigenvalue weighted by atomic mass is 10.00. The van der Waals surface area contributed by atoms with Gasteiger partial charge in [0.1, 0.15) is 13.2 Å². The molecule has 0 aromatic heterocycles. The topological polar surface area (TPSA) is 78.9 Å². The van der Waals surface area contributed by atoms with Gasteiger partial charge in [-0.2, -0.15) is 0 Å². The standard InChI is InChI=1S/C54H104O6/c1-7-50(6)42-36-30-26-27-32-38-44-53(56)59-47-51(60-54(57)45-39-33-25-21-17-13-15-19-23-29-35-41-49(4)5)46-58-52(55)43-37-31-24-20-16-12-10-8-9-11-14-18-22-28-34-40-48(2)3/h48-51H,7-47H2,1-6H3/t50?,51-/m1/s1. The third-order valence-corrected chi connectivity index (χ3v) is 12.5. The van der Waals surface area contributed by atoms with Gasteiger partial charge in [0.15, 0.2) is 6.10 Å². The lowest BCUT2D eigenvalue weighted by Gasteiger charge is -2.18. The third-order valence-electron chi connectivity index (χ3n) is 12.5. The van der Waals surface area contributed by atoms with Crippen LogP contribution < -0.4 is 0 Å². The largest absolute Gasteiger partial charge is 0.462 e. The van der Waals surface area contributed by atoms with Crippen LogP contribution in [0, 0.1) is 17.8 Å². The molecule has 0 fully saturated rings. The van der Waals surface area contributed by atoms with Crippen molar-refractivity contribution >= 4 is 17.9 Å². The summed E-state index contributed by atoms with van der Waals surface area (Å²) in [6.07, 6.45) is 45.2. The van der Waals surface area contributed by atoms with Gasteiger partial charge in [-0.3, -0.25) is 14.4 Å². The second kappa shape index (κ2) is 45.4. The van der Waals surface area contributed by atoms with Crippen LogP contribution in [0.25, 0.3) is 0 Å². The molecule has 0 bridgehead atoms. The molecule has 0 radical (unpaired) electrons. The van der Waals surface area contributed by atoms with Crippen LogP contribution in [0.4, 0.5) is 0 Å². The van der Waals surface area contributed by atoms with Gasteiger partial charge < -0.3 is 14.2 Å². The van der Waals surface area contributed by atoms with Crippen molar-refractivity contribution in [2.24, 2.45) is 17.8 Å². The van der Waals surface area contributed by atoms with Crippen LogP contribution in [-0.2, 0) is 28.6 Å². The second-order valence-electron chi connectivity index (χ2n) is 19.7. The van der Waals surface area contributed by atoms with E-state index in [1.54, 1.807) is 0 Å². The molecule has 356 valence electrons. The van der Waals surface area contributed by atoms with Gasteiger partial charge >= 0.3 is 17.9 Å². The molecule has 0 aliphatic carbocycles. The molecule has 2 atom stereocenters. The summed E-state index contributed by atoms with van der Waals surface area (Å²) in [6, 6.07) is 0. The number of carbonyl (C=O) groups is 3. The Morgan fingerprint density at radius 3 is 0.867 bits per heavy atom. The van der Waals surface area contributed by atoms with Crippen LogP contribution in [0.15, 0.2) is 0 Å². The van der Waals surface area contributed by atoms with Crippen molar-refractivity contribution in [2.45, 2.75) is 298 Å². The molecular weight excluding hydrogens is 745 g/mol. The van der Waals surface area contributed by atoms with E-state index in [9.17, 15) is 14.4 Å². The zero-order chi connectivity index (χ0) is 44.2. The molecule has 0 aromatic carbocycles. The highest BCUT2D eigenvalue weighted by Gasteiger charge is 2.19. The summed E-state index contributed by atoms with van der Waals surface area (Å²) in [5.41, 5.74) is 0. The quantitative estimate of drug-likeness (QED) is 0.0345. The molecule has 0 spiro atoms. The van der Waals surface area contributed by atoms with E-state index in [1.165, 1.54) is 173 Å². The van der Waals surface area contributed by atoms with Crippen LogP contribution in [0.3, 0.4) is 0 Å². The number of rotatable bonds is 47. The summed E-state index contributed by atoms with van der Waals surface area (Å²) >= 11 is 0. The van der Waals surface area contributed by atoms with E-state index < -0.39 is 6.10 Å². The van der Waals surface area contributed by atoms with Gasteiger partial charge in [-0.25, -0.2) is 0 Å². The van der Waals surface area contributed by atoms with Gasteiger partial charge in [-0.15, -0.1) is 0 Å². The zero-order valence-electron chi connectivity index (χ0n) is 41.3. The molecule has 0 amide bonds. The minimum absolute atomic E-state index is 0.0650. The number of esters is 3. The average molecular weight is 849 g/mol. The van der Waals surface area contributed by atoms with Crippen molar-refractivity contribution in [3.05, 3.63) is 0 Å². The summed E-state index contributed by atoms with van der Waals surface area (Å²) in [5.74, 6) is 1.63. The van der Waals surface area contributed by atoms with Crippen molar-refractivity contribution < 1.29 is 28.6 Å². The van der Waals surface area contributed by atoms with E-state index in [-0.39, 0.29) is 31.1 Å². The van der Waals surface area contributed by atoms with Crippen LogP contribution in [0.5, 0.6) is 0 Å². The Kier molecular flexibility index (Phi) is 44.2. The van der Waals surface area contributed by atoms with Gasteiger partial charge in [0.05, 0.1) is 0 Å². The third kappa shape index (κ3) is 45.9. The minimum Gasteiger partial charge on any atom is -0.462 e. The smallest absolute Gasteiger partial charge is 0.306 e. The van der Waals surface area contributed by atoms with Gasteiger partial charge in [-0.1, -0.05) is 253 Å². The molecule has 0 rings (SSSR count). The van der Waals surface area contributed by atoms with Gasteiger partial charge in [0, 0.05) is 19.3 Å². The number of hydrogen-bond donors (Lipinski definition) is 0. The summed E-state index contributed by atoms with van der Waals surface area (Å²) in [5, 5.41) is 0. The minimum atomic E-state index is -0.763. The maximum Gasteiger partial charge on any atom is 0.306 e. The van der Waals surface area contributed by atoms with E-state index in [1.807, 2.05) is 0 Å². The number of ether oxygens (including phenoxy) is 3. The molecule has 0 aliphatic heterocycles. The maximum absolute atomic E-state index is 12.8. The second-order valence-corrected chi connectivity index (χ2v) is 19.7. The monoisotopic (exact) mass is 849 g/mol. The number of hydrogen-bond acceptors (Lipinski definition) is 6. The predicted molar refractivity (Wildman–Crippen MR) is 256 cm³/mol. The fourth-order valence-electron chi connectivity index (χ4n) is 8.08. The highest BCUT2D eigenvalue weighted by atomic mass is 16.6. The Bertz CT molecular complexity index is 931. The molecule has 0 aromatic rings. The predicted octanol–water partition coefficient (Wildman–Crippen LogP) is 17.2. The Labute approximate surface area is 374 Å². The van der Waals surface area contributed by atoms with Crippen LogP contribution in [0.2, 0.25) is 0 Å². The first kappa shape index (κ1) is 58.4.